The molecule has 2 rings (SSSR count). The lowest BCUT2D eigenvalue weighted by Gasteiger charge is -2.22. The molecule has 2 aromatic rings. The number of rotatable bonds is 6. The molecule has 6 heteroatoms. The number of carbonyl (C=O) groups is 2. The van der Waals surface area contributed by atoms with E-state index < -0.39 is 5.54 Å². The van der Waals surface area contributed by atoms with Gasteiger partial charge >= 0.3 is 0 Å². The number of anilines is 1. The predicted molar refractivity (Wildman–Crippen MR) is 100 cm³/mol. The summed E-state index contributed by atoms with van der Waals surface area (Å²) in [6.45, 7) is 3.54. The van der Waals surface area contributed by atoms with Crippen LogP contribution < -0.4 is 16.4 Å². The third kappa shape index (κ3) is 4.94. The number of carbonyl (C=O) groups excluding carboxylic acids is 2. The average Bonchev–Trinajstić information content (AvgIpc) is 2.53. The first kappa shape index (κ1) is 19.9. The molecule has 0 radical (unpaired) electrons. The number of amides is 2. The highest BCUT2D eigenvalue weighted by Crippen LogP contribution is 2.22. The van der Waals surface area contributed by atoms with Gasteiger partial charge in [0.05, 0.1) is 12.1 Å². The van der Waals surface area contributed by atoms with E-state index in [2.05, 4.69) is 10.6 Å². The minimum absolute atomic E-state index is 0. The Morgan fingerprint density at radius 3 is 2.50 bits per heavy atom. The zero-order chi connectivity index (χ0) is 16.9. The highest BCUT2D eigenvalue weighted by Gasteiger charge is 2.27. The first-order valence-corrected chi connectivity index (χ1v) is 7.79. The van der Waals surface area contributed by atoms with Crippen molar-refractivity contribution in [2.45, 2.75) is 32.2 Å². The maximum Gasteiger partial charge on any atom is 0.243 e. The first-order chi connectivity index (χ1) is 10.9. The molecule has 0 aliphatic carbocycles. The Hall–Kier alpha value is -2.11. The number of hydrogen-bond donors (Lipinski definition) is 3. The summed E-state index contributed by atoms with van der Waals surface area (Å²) in [5.41, 5.74) is 5.72. The van der Waals surface area contributed by atoms with Crippen molar-refractivity contribution in [3.05, 3.63) is 42.5 Å². The Morgan fingerprint density at radius 1 is 1.12 bits per heavy atom. The largest absolute Gasteiger partial charge is 0.345 e. The van der Waals surface area contributed by atoms with E-state index in [0.29, 0.717) is 6.42 Å². The lowest BCUT2D eigenvalue weighted by molar-refractivity contribution is -0.128. The fourth-order valence-electron chi connectivity index (χ4n) is 2.52. The van der Waals surface area contributed by atoms with Crippen molar-refractivity contribution in [2.75, 3.05) is 11.9 Å². The summed E-state index contributed by atoms with van der Waals surface area (Å²) in [5.74, 6) is -0.588. The van der Waals surface area contributed by atoms with Crippen LogP contribution in [-0.4, -0.2) is 23.9 Å². The molecule has 5 nitrogen and oxygen atoms in total. The van der Waals surface area contributed by atoms with Gasteiger partial charge in [-0.1, -0.05) is 49.7 Å². The Kier molecular flexibility index (Phi) is 7.19. The van der Waals surface area contributed by atoms with Gasteiger partial charge in [-0.05, 0) is 24.8 Å². The molecule has 0 saturated heterocycles. The minimum atomic E-state index is -0.950. The van der Waals surface area contributed by atoms with Crippen LogP contribution >= 0.6 is 12.4 Å². The zero-order valence-electron chi connectivity index (χ0n) is 14.0. The molecule has 0 saturated carbocycles. The summed E-state index contributed by atoms with van der Waals surface area (Å²) >= 11 is 0. The van der Waals surface area contributed by atoms with E-state index in [1.54, 1.807) is 6.92 Å². The van der Waals surface area contributed by atoms with Crippen LogP contribution in [0.3, 0.4) is 0 Å². The van der Waals surface area contributed by atoms with Crippen LogP contribution in [0, 0.1) is 0 Å². The number of nitrogens with one attached hydrogen (secondary N) is 2. The van der Waals surface area contributed by atoms with Gasteiger partial charge in [-0.2, -0.15) is 0 Å². The Bertz CT molecular complexity index is 711. The Labute approximate surface area is 148 Å². The quantitative estimate of drug-likeness (QED) is 0.749. The van der Waals surface area contributed by atoms with Crippen LogP contribution in [0.4, 0.5) is 5.69 Å². The summed E-state index contributed by atoms with van der Waals surface area (Å²) in [6, 6.07) is 13.5. The highest BCUT2D eigenvalue weighted by molar-refractivity contribution is 6.03. The van der Waals surface area contributed by atoms with Crippen LogP contribution in [0.2, 0.25) is 0 Å². The molecule has 0 fully saturated rings. The maximum atomic E-state index is 12.1. The van der Waals surface area contributed by atoms with Gasteiger partial charge in [0, 0.05) is 11.1 Å². The van der Waals surface area contributed by atoms with Gasteiger partial charge in [-0.3, -0.25) is 9.59 Å². The molecule has 0 spiro atoms. The van der Waals surface area contributed by atoms with Crippen molar-refractivity contribution in [2.24, 2.45) is 5.73 Å². The Morgan fingerprint density at radius 2 is 1.79 bits per heavy atom. The van der Waals surface area contributed by atoms with E-state index in [4.69, 9.17) is 5.73 Å². The molecular formula is C18H24ClN3O2. The molecule has 0 aliphatic heterocycles. The normalized spacial score (nSPS) is 12.8. The van der Waals surface area contributed by atoms with Crippen molar-refractivity contribution in [1.82, 2.24) is 5.32 Å². The third-order valence-corrected chi connectivity index (χ3v) is 3.76. The molecule has 0 aliphatic rings. The molecule has 1 unspecified atom stereocenters. The second-order valence-corrected chi connectivity index (χ2v) is 5.93. The van der Waals surface area contributed by atoms with E-state index in [9.17, 15) is 9.59 Å². The third-order valence-electron chi connectivity index (χ3n) is 3.76. The number of benzene rings is 2. The van der Waals surface area contributed by atoms with Gasteiger partial charge in [-0.25, -0.2) is 0 Å². The number of hydrogen-bond acceptors (Lipinski definition) is 3. The van der Waals surface area contributed by atoms with Gasteiger partial charge in [0.25, 0.3) is 0 Å². The molecule has 24 heavy (non-hydrogen) atoms. The molecule has 0 heterocycles. The summed E-state index contributed by atoms with van der Waals surface area (Å²) in [6.07, 6.45) is 1.38. The fourth-order valence-corrected chi connectivity index (χ4v) is 2.52. The minimum Gasteiger partial charge on any atom is -0.345 e. The summed E-state index contributed by atoms with van der Waals surface area (Å²) in [5, 5.41) is 7.44. The topological polar surface area (TPSA) is 84.2 Å². The summed E-state index contributed by atoms with van der Waals surface area (Å²) in [7, 11) is 0. The fraction of sp³-hybridized carbons (Fsp3) is 0.333. The number of halogens is 1. The van der Waals surface area contributed by atoms with E-state index in [1.165, 1.54) is 0 Å². The van der Waals surface area contributed by atoms with Crippen LogP contribution in [0.25, 0.3) is 10.8 Å². The van der Waals surface area contributed by atoms with Crippen molar-refractivity contribution in [3.8, 4) is 0 Å². The second-order valence-electron chi connectivity index (χ2n) is 5.93. The summed E-state index contributed by atoms with van der Waals surface area (Å²) in [4.78, 5) is 24.1. The van der Waals surface area contributed by atoms with E-state index in [1.807, 2.05) is 49.4 Å². The Balaban J connectivity index is 0.00000288. The van der Waals surface area contributed by atoms with Crippen LogP contribution in [-0.2, 0) is 9.59 Å². The summed E-state index contributed by atoms with van der Waals surface area (Å²) < 4.78 is 0. The van der Waals surface area contributed by atoms with E-state index in [-0.39, 0.29) is 30.8 Å². The first-order valence-electron chi connectivity index (χ1n) is 7.79. The van der Waals surface area contributed by atoms with Crippen molar-refractivity contribution in [1.29, 1.82) is 0 Å². The molecule has 0 bridgehead atoms. The second kappa shape index (κ2) is 8.66. The van der Waals surface area contributed by atoms with Gasteiger partial charge in [0.1, 0.15) is 0 Å². The van der Waals surface area contributed by atoms with Crippen LogP contribution in [0.1, 0.15) is 26.7 Å². The van der Waals surface area contributed by atoms with Crippen LogP contribution in [0.5, 0.6) is 0 Å². The number of fused-ring (bicyclic) bond motifs is 1. The van der Waals surface area contributed by atoms with Gasteiger partial charge < -0.3 is 16.4 Å². The average molecular weight is 350 g/mol. The van der Waals surface area contributed by atoms with E-state index in [0.717, 1.165) is 22.9 Å². The molecule has 4 N–H and O–H groups in total. The standard InChI is InChI=1S/C18H23N3O2.ClH/c1-3-11-18(2,19)17(23)20-12-16(22)21-15-10-6-8-13-7-4-5-9-14(13)15;/h4-10H,3,11-12,19H2,1-2H3,(H,20,23)(H,21,22);1H. The van der Waals surface area contributed by atoms with Gasteiger partial charge in [0.15, 0.2) is 0 Å². The SMILES string of the molecule is CCCC(C)(N)C(=O)NCC(=O)Nc1cccc2ccccc12.Cl. The van der Waals surface area contributed by atoms with Gasteiger partial charge in [-0.15, -0.1) is 12.4 Å². The van der Waals surface area contributed by atoms with Crippen molar-refractivity contribution >= 4 is 40.7 Å². The number of nitrogens with two attached hydrogens (primary N) is 1. The molecule has 2 aromatic carbocycles. The molecular weight excluding hydrogens is 326 g/mol. The highest BCUT2D eigenvalue weighted by atomic mass is 35.5. The lowest BCUT2D eigenvalue weighted by Crippen LogP contribution is -2.52. The van der Waals surface area contributed by atoms with Gasteiger partial charge in [0.2, 0.25) is 11.8 Å². The van der Waals surface area contributed by atoms with Crippen molar-refractivity contribution in [3.63, 3.8) is 0 Å². The molecule has 2 amide bonds. The molecule has 0 aromatic heterocycles. The molecule has 130 valence electrons. The van der Waals surface area contributed by atoms with E-state index >= 15 is 0 Å². The smallest absolute Gasteiger partial charge is 0.243 e. The van der Waals surface area contributed by atoms with Crippen LogP contribution in [0.15, 0.2) is 42.5 Å². The molecule has 1 atom stereocenters. The predicted octanol–water partition coefficient (Wildman–Crippen LogP) is 2.83. The lowest BCUT2D eigenvalue weighted by atomic mass is 9.96. The monoisotopic (exact) mass is 349 g/mol. The zero-order valence-corrected chi connectivity index (χ0v) is 14.8. The van der Waals surface area contributed by atoms with Crippen molar-refractivity contribution < 1.29 is 9.59 Å². The maximum absolute atomic E-state index is 12.1.